The third-order valence-electron chi connectivity index (χ3n) is 1.93. The van der Waals surface area contributed by atoms with Crippen LogP contribution >= 0.6 is 27.3 Å². The number of carbonyl (C=O) groups is 1. The number of thiophene rings is 1. The molecule has 1 amide bonds. The smallest absolute Gasteiger partial charge is 0.229 e. The van der Waals surface area contributed by atoms with Crippen LogP contribution in [0.3, 0.4) is 0 Å². The molecule has 2 rings (SSSR count). The van der Waals surface area contributed by atoms with Crippen LogP contribution in [0.2, 0.25) is 0 Å². The van der Waals surface area contributed by atoms with Crippen LogP contribution in [0, 0.1) is 0 Å². The van der Waals surface area contributed by atoms with Gasteiger partial charge >= 0.3 is 0 Å². The number of halogens is 1. The number of carbonyl (C=O) groups excluding carboxylic acids is 1. The first-order chi connectivity index (χ1) is 7.74. The summed E-state index contributed by atoms with van der Waals surface area (Å²) in [5.41, 5.74) is 1.03. The zero-order valence-corrected chi connectivity index (χ0v) is 10.7. The van der Waals surface area contributed by atoms with Gasteiger partial charge in [0.2, 0.25) is 5.91 Å². The number of nitrogens with one attached hydrogen (secondary N) is 1. The second-order valence-electron chi connectivity index (χ2n) is 3.22. The third-order valence-corrected chi connectivity index (χ3v) is 3.16. The lowest BCUT2D eigenvalue weighted by Gasteiger charge is -2.03. The predicted molar refractivity (Wildman–Crippen MR) is 68.6 cm³/mol. The number of pyridine rings is 1. The van der Waals surface area contributed by atoms with Crippen LogP contribution in [0.1, 0.15) is 5.56 Å². The highest BCUT2D eigenvalue weighted by atomic mass is 79.9. The van der Waals surface area contributed by atoms with Crippen LogP contribution in [0.15, 0.2) is 39.6 Å². The number of hydrogen-bond donors (Lipinski definition) is 1. The van der Waals surface area contributed by atoms with Gasteiger partial charge in [0.25, 0.3) is 0 Å². The van der Waals surface area contributed by atoms with Gasteiger partial charge in [0.15, 0.2) is 0 Å². The Balaban J connectivity index is 1.97. The summed E-state index contributed by atoms with van der Waals surface area (Å²) in [7, 11) is 0. The molecule has 0 bridgehead atoms. The summed E-state index contributed by atoms with van der Waals surface area (Å²) in [4.78, 5) is 15.7. The lowest BCUT2D eigenvalue weighted by atomic mass is 10.2. The van der Waals surface area contributed by atoms with E-state index < -0.39 is 0 Å². The van der Waals surface area contributed by atoms with Gasteiger partial charge in [-0.25, -0.2) is 4.98 Å². The highest BCUT2D eigenvalue weighted by molar-refractivity contribution is 9.10. The molecule has 0 atom stereocenters. The van der Waals surface area contributed by atoms with Gasteiger partial charge in [0.1, 0.15) is 5.82 Å². The molecule has 0 fully saturated rings. The molecule has 0 unspecified atom stereocenters. The van der Waals surface area contributed by atoms with Gasteiger partial charge < -0.3 is 5.32 Å². The molecule has 3 nitrogen and oxygen atoms in total. The van der Waals surface area contributed by atoms with Crippen molar-refractivity contribution in [3.05, 3.63) is 45.2 Å². The Morgan fingerprint density at radius 2 is 2.38 bits per heavy atom. The van der Waals surface area contributed by atoms with Crippen LogP contribution in [0.4, 0.5) is 5.82 Å². The molecule has 0 aliphatic carbocycles. The third kappa shape index (κ3) is 3.15. The monoisotopic (exact) mass is 296 g/mol. The molecule has 0 spiro atoms. The lowest BCUT2D eigenvalue weighted by Crippen LogP contribution is -2.14. The summed E-state index contributed by atoms with van der Waals surface area (Å²) in [6.45, 7) is 0. The number of amides is 1. The SMILES string of the molecule is O=C(Cc1ccsc1)Nc1cc(Br)ccn1. The first-order valence-corrected chi connectivity index (χ1v) is 6.40. The Hall–Kier alpha value is -1.20. The highest BCUT2D eigenvalue weighted by Gasteiger charge is 2.05. The first kappa shape index (κ1) is 11.3. The Labute approximate surface area is 106 Å². The van der Waals surface area contributed by atoms with Crippen LogP contribution in [-0.4, -0.2) is 10.9 Å². The van der Waals surface area contributed by atoms with Gasteiger partial charge in [-0.05, 0) is 34.5 Å². The van der Waals surface area contributed by atoms with Crippen molar-refractivity contribution in [2.24, 2.45) is 0 Å². The van der Waals surface area contributed by atoms with E-state index in [2.05, 4.69) is 26.2 Å². The Bertz CT molecular complexity index is 484. The molecule has 82 valence electrons. The second-order valence-corrected chi connectivity index (χ2v) is 4.91. The number of aromatic nitrogens is 1. The van der Waals surface area contributed by atoms with Gasteiger partial charge in [-0.15, -0.1) is 0 Å². The molecule has 2 aromatic rings. The molecular weight excluding hydrogens is 288 g/mol. The molecule has 0 saturated carbocycles. The van der Waals surface area contributed by atoms with E-state index >= 15 is 0 Å². The predicted octanol–water partition coefficient (Wildman–Crippen LogP) is 3.09. The van der Waals surface area contributed by atoms with Crippen molar-refractivity contribution in [3.63, 3.8) is 0 Å². The summed E-state index contributed by atoms with van der Waals surface area (Å²) >= 11 is 4.91. The fourth-order valence-electron chi connectivity index (χ4n) is 1.24. The number of nitrogens with zero attached hydrogens (tertiary/aromatic N) is 1. The normalized spacial score (nSPS) is 10.1. The second kappa shape index (κ2) is 5.23. The van der Waals surface area contributed by atoms with Gasteiger partial charge in [0, 0.05) is 10.7 Å². The van der Waals surface area contributed by atoms with Crippen LogP contribution < -0.4 is 5.32 Å². The fraction of sp³-hybridized carbons (Fsp3) is 0.0909. The van der Waals surface area contributed by atoms with E-state index in [0.29, 0.717) is 12.2 Å². The van der Waals surface area contributed by atoms with E-state index in [1.54, 1.807) is 23.6 Å². The van der Waals surface area contributed by atoms with Gasteiger partial charge in [-0.2, -0.15) is 11.3 Å². The van der Waals surface area contributed by atoms with Crippen molar-refractivity contribution in [1.82, 2.24) is 4.98 Å². The van der Waals surface area contributed by atoms with E-state index in [9.17, 15) is 4.79 Å². The highest BCUT2D eigenvalue weighted by Crippen LogP contribution is 2.13. The molecule has 2 aromatic heterocycles. The maximum absolute atomic E-state index is 11.6. The van der Waals surface area contributed by atoms with Crippen molar-refractivity contribution >= 4 is 39.0 Å². The quantitative estimate of drug-likeness (QED) is 0.946. The van der Waals surface area contributed by atoms with Crippen LogP contribution in [0.25, 0.3) is 0 Å². The summed E-state index contributed by atoms with van der Waals surface area (Å²) in [5.74, 6) is 0.513. The minimum atomic E-state index is -0.0519. The van der Waals surface area contributed by atoms with Crippen molar-refractivity contribution in [2.45, 2.75) is 6.42 Å². The van der Waals surface area contributed by atoms with E-state index in [0.717, 1.165) is 10.0 Å². The maximum Gasteiger partial charge on any atom is 0.229 e. The lowest BCUT2D eigenvalue weighted by molar-refractivity contribution is -0.115. The summed E-state index contributed by atoms with van der Waals surface area (Å²) in [5, 5.41) is 6.67. The van der Waals surface area contributed by atoms with E-state index in [1.807, 2.05) is 22.9 Å². The Morgan fingerprint density at radius 1 is 1.50 bits per heavy atom. The molecule has 2 heterocycles. The van der Waals surface area contributed by atoms with Crippen molar-refractivity contribution in [2.75, 3.05) is 5.32 Å². The maximum atomic E-state index is 11.6. The van der Waals surface area contributed by atoms with Crippen molar-refractivity contribution in [1.29, 1.82) is 0 Å². The van der Waals surface area contributed by atoms with Gasteiger partial charge in [-0.3, -0.25) is 4.79 Å². The molecule has 16 heavy (non-hydrogen) atoms. The number of rotatable bonds is 3. The molecule has 0 radical (unpaired) electrons. The van der Waals surface area contributed by atoms with Crippen molar-refractivity contribution < 1.29 is 4.79 Å². The van der Waals surface area contributed by atoms with Crippen LogP contribution in [-0.2, 0) is 11.2 Å². The average Bonchev–Trinajstić information content (AvgIpc) is 2.70. The molecule has 1 N–H and O–H groups in total. The first-order valence-electron chi connectivity index (χ1n) is 4.66. The van der Waals surface area contributed by atoms with Crippen molar-refractivity contribution in [3.8, 4) is 0 Å². The zero-order valence-electron chi connectivity index (χ0n) is 8.31. The number of hydrogen-bond acceptors (Lipinski definition) is 3. The minimum Gasteiger partial charge on any atom is -0.310 e. The van der Waals surface area contributed by atoms with E-state index in [1.165, 1.54) is 0 Å². The Morgan fingerprint density at radius 3 is 3.06 bits per heavy atom. The molecule has 0 aromatic carbocycles. The van der Waals surface area contributed by atoms with E-state index in [-0.39, 0.29) is 5.91 Å². The minimum absolute atomic E-state index is 0.0519. The molecular formula is C11H9BrN2OS. The summed E-state index contributed by atoms with van der Waals surface area (Å²) < 4.78 is 0.897. The van der Waals surface area contributed by atoms with E-state index in [4.69, 9.17) is 0 Å². The van der Waals surface area contributed by atoms with Crippen LogP contribution in [0.5, 0.6) is 0 Å². The topological polar surface area (TPSA) is 42.0 Å². The summed E-state index contributed by atoms with van der Waals surface area (Å²) in [6, 6.07) is 5.53. The molecule has 0 saturated heterocycles. The Kier molecular flexibility index (Phi) is 3.69. The molecule has 0 aliphatic heterocycles. The molecule has 5 heteroatoms. The number of anilines is 1. The largest absolute Gasteiger partial charge is 0.310 e. The average molecular weight is 297 g/mol. The zero-order chi connectivity index (χ0) is 11.4. The van der Waals surface area contributed by atoms with Gasteiger partial charge in [-0.1, -0.05) is 15.9 Å². The van der Waals surface area contributed by atoms with Gasteiger partial charge in [0.05, 0.1) is 6.42 Å². The standard InChI is InChI=1S/C11H9BrN2OS/c12-9-1-3-13-10(6-9)14-11(15)5-8-2-4-16-7-8/h1-4,6-7H,5H2,(H,13,14,15). The molecule has 0 aliphatic rings. The summed E-state index contributed by atoms with van der Waals surface area (Å²) in [6.07, 6.45) is 2.03. The fourth-order valence-corrected chi connectivity index (χ4v) is 2.24.